The van der Waals surface area contributed by atoms with E-state index in [9.17, 15) is 19.0 Å². The number of phosphoric ester groups is 1. The van der Waals surface area contributed by atoms with Crippen LogP contribution in [0.5, 0.6) is 0 Å². The van der Waals surface area contributed by atoms with Gasteiger partial charge in [0.15, 0.2) is 6.10 Å². The first-order valence-electron chi connectivity index (χ1n) is 41.2. The van der Waals surface area contributed by atoms with Gasteiger partial charge in [-0.1, -0.05) is 364 Å². The first-order valence-corrected chi connectivity index (χ1v) is 42.7. The van der Waals surface area contributed by atoms with Crippen molar-refractivity contribution < 1.29 is 42.1 Å². The van der Waals surface area contributed by atoms with Crippen molar-refractivity contribution in [2.45, 2.75) is 354 Å². The number of unbranched alkanes of at least 4 members (excludes halogenated alkanes) is 35. The summed E-state index contributed by atoms with van der Waals surface area (Å²) in [6.45, 7) is 4.31. The Labute approximate surface area is 617 Å². The van der Waals surface area contributed by atoms with Gasteiger partial charge in [-0.3, -0.25) is 18.6 Å². The lowest BCUT2D eigenvalue weighted by atomic mass is 10.0. The summed E-state index contributed by atoms with van der Waals surface area (Å²) < 4.78 is 34.8. The number of likely N-dealkylation sites (N-methyl/N-ethyl adjacent to an activating group) is 1. The van der Waals surface area contributed by atoms with Gasteiger partial charge in [-0.25, -0.2) is 4.57 Å². The Kier molecular flexibility index (Phi) is 75.3. The Bertz CT molecular complexity index is 2250. The van der Waals surface area contributed by atoms with Crippen LogP contribution in [0.3, 0.4) is 0 Å². The summed E-state index contributed by atoms with van der Waals surface area (Å²) >= 11 is 0. The quantitative estimate of drug-likeness (QED) is 0.0211. The maximum Gasteiger partial charge on any atom is 0.472 e. The van der Waals surface area contributed by atoms with Crippen LogP contribution in [0.1, 0.15) is 348 Å². The average molecular weight is 1410 g/mol. The van der Waals surface area contributed by atoms with Gasteiger partial charge in [0.05, 0.1) is 27.7 Å². The first-order chi connectivity index (χ1) is 49.0. The molecule has 572 valence electrons. The largest absolute Gasteiger partial charge is 0.472 e. The maximum atomic E-state index is 12.9. The van der Waals surface area contributed by atoms with Crippen molar-refractivity contribution in [3.8, 4) is 0 Å². The first kappa shape index (κ1) is 95.6. The third kappa shape index (κ3) is 82.6. The standard InChI is InChI=1S/C90H154NO8P/c1-6-8-10-12-14-16-18-20-22-24-26-28-30-32-34-36-38-40-42-44-45-47-49-51-53-55-57-59-61-63-65-67-69-71-73-75-77-79-81-83-90(93)99-88(87-98-100(94,95)97-85-84-91(3,4)5)86-96-89(92)82-80-78-76-74-72-70-68-66-64-62-60-58-56-54-52-50-48-46-43-41-39-37-35-33-31-29-27-25-23-21-19-17-15-13-11-9-7-2/h8,10,14,16,19-22,25-28,32,34,38,40,44-45,49,51,55,57,61,63,67,69,88H,6-7,9,11-13,15,17-18,23-24,29-31,33,35-37,39,41-43,46-48,50,52-54,56,58-60,62,64-66,68,70-87H2,1-5H3/p+1/b10-8-,16-14-,21-19-,22-20-,27-25-,28-26-,34-32-,40-38-,45-44-,51-49-,57-55-,63-61-,69-67-. The molecule has 10 heteroatoms. The van der Waals surface area contributed by atoms with Crippen LogP contribution >= 0.6 is 7.82 Å². The van der Waals surface area contributed by atoms with Gasteiger partial charge in [0, 0.05) is 12.8 Å². The molecule has 0 rings (SSSR count). The van der Waals surface area contributed by atoms with Crippen LogP contribution in [0.25, 0.3) is 0 Å². The number of ether oxygens (including phenoxy) is 2. The number of phosphoric acid groups is 1. The Morgan fingerprint density at radius 3 is 0.850 bits per heavy atom. The lowest BCUT2D eigenvalue weighted by Gasteiger charge is -2.24. The molecular formula is C90H155NO8P+. The second-order valence-electron chi connectivity index (χ2n) is 28.4. The molecule has 0 aromatic heterocycles. The normalized spacial score (nSPS) is 13.9. The van der Waals surface area contributed by atoms with Crippen molar-refractivity contribution in [2.24, 2.45) is 0 Å². The average Bonchev–Trinajstić information content (AvgIpc) is 1.07. The second-order valence-corrected chi connectivity index (χ2v) is 29.9. The van der Waals surface area contributed by atoms with Crippen LogP contribution in [0.4, 0.5) is 0 Å². The zero-order valence-electron chi connectivity index (χ0n) is 65.4. The van der Waals surface area contributed by atoms with Gasteiger partial charge >= 0.3 is 19.8 Å². The molecule has 0 spiro atoms. The number of rotatable bonds is 75. The van der Waals surface area contributed by atoms with E-state index in [1.807, 2.05) is 21.1 Å². The molecular weight excluding hydrogens is 1250 g/mol. The van der Waals surface area contributed by atoms with Gasteiger partial charge in [-0.05, 0) is 128 Å². The molecule has 0 amide bonds. The van der Waals surface area contributed by atoms with E-state index < -0.39 is 26.5 Å². The molecule has 2 atom stereocenters. The number of carbonyl (C=O) groups is 2. The Morgan fingerprint density at radius 2 is 0.570 bits per heavy atom. The summed E-state index contributed by atoms with van der Waals surface area (Å²) in [6.07, 6.45) is 118. The molecule has 0 aromatic carbocycles. The highest BCUT2D eigenvalue weighted by Gasteiger charge is 2.27. The third-order valence-corrected chi connectivity index (χ3v) is 18.5. The van der Waals surface area contributed by atoms with E-state index in [0.29, 0.717) is 17.4 Å². The van der Waals surface area contributed by atoms with Crippen LogP contribution in [-0.2, 0) is 32.7 Å². The molecule has 2 unspecified atom stereocenters. The monoisotopic (exact) mass is 1410 g/mol. The molecule has 1 N–H and O–H groups in total. The molecule has 0 aliphatic rings. The number of carbonyl (C=O) groups excluding carboxylic acids is 2. The van der Waals surface area contributed by atoms with E-state index in [1.165, 1.54) is 186 Å². The van der Waals surface area contributed by atoms with Crippen molar-refractivity contribution in [3.63, 3.8) is 0 Å². The van der Waals surface area contributed by atoms with E-state index in [0.717, 1.165) is 128 Å². The number of hydrogen-bond acceptors (Lipinski definition) is 7. The predicted octanol–water partition coefficient (Wildman–Crippen LogP) is 27.8. The fourth-order valence-electron chi connectivity index (χ4n) is 11.3. The highest BCUT2D eigenvalue weighted by molar-refractivity contribution is 7.47. The zero-order valence-corrected chi connectivity index (χ0v) is 66.3. The Morgan fingerprint density at radius 1 is 0.320 bits per heavy atom. The van der Waals surface area contributed by atoms with Gasteiger partial charge in [-0.2, -0.15) is 0 Å². The predicted molar refractivity (Wildman–Crippen MR) is 436 cm³/mol. The SMILES string of the molecule is CC/C=C\C/C=C\C/C=C\C/C=C\C/C=C\C/C=C\C/C=C\C/C=C\C/C=C\C/C=C\C/C=C\CCCCCCCC(=O)OC(COC(=O)CCCCCCCCCCCCCCCCCCCCCCCCCCC/C=C\C/C=C\CCCCCCC)COP(=O)(O)OCC[N+](C)(C)C. The molecule has 0 aromatic rings. The van der Waals surface area contributed by atoms with E-state index in [-0.39, 0.29) is 32.0 Å². The van der Waals surface area contributed by atoms with Gasteiger partial charge in [0.25, 0.3) is 0 Å². The van der Waals surface area contributed by atoms with Gasteiger partial charge < -0.3 is 18.9 Å². The summed E-state index contributed by atoms with van der Waals surface area (Å²) in [5.74, 6) is -0.817. The zero-order chi connectivity index (χ0) is 72.5. The lowest BCUT2D eigenvalue weighted by Crippen LogP contribution is -2.37. The summed E-state index contributed by atoms with van der Waals surface area (Å²) in [7, 11) is 1.46. The minimum absolute atomic E-state index is 0.0214. The summed E-state index contributed by atoms with van der Waals surface area (Å²) in [5, 5.41) is 0. The molecule has 100 heavy (non-hydrogen) atoms. The van der Waals surface area contributed by atoms with E-state index in [1.54, 1.807) is 0 Å². The van der Waals surface area contributed by atoms with Crippen LogP contribution in [0.15, 0.2) is 158 Å². The Hall–Kier alpha value is -4.37. The van der Waals surface area contributed by atoms with E-state index >= 15 is 0 Å². The van der Waals surface area contributed by atoms with Crippen LogP contribution in [0, 0.1) is 0 Å². The van der Waals surface area contributed by atoms with Gasteiger partial charge in [0.1, 0.15) is 19.8 Å². The van der Waals surface area contributed by atoms with Crippen molar-refractivity contribution in [3.05, 3.63) is 158 Å². The number of allylic oxidation sites excluding steroid dienone is 26. The van der Waals surface area contributed by atoms with Crippen LogP contribution in [-0.4, -0.2) is 74.9 Å². The fraction of sp³-hybridized carbons (Fsp3) is 0.689. The highest BCUT2D eigenvalue weighted by atomic mass is 31.2. The van der Waals surface area contributed by atoms with Crippen LogP contribution in [0.2, 0.25) is 0 Å². The van der Waals surface area contributed by atoms with Crippen molar-refractivity contribution in [2.75, 3.05) is 47.5 Å². The smallest absolute Gasteiger partial charge is 0.462 e. The maximum absolute atomic E-state index is 12.9. The molecule has 0 saturated carbocycles. The number of esters is 2. The number of quaternary nitrogens is 1. The van der Waals surface area contributed by atoms with Gasteiger partial charge in [-0.15, -0.1) is 0 Å². The molecule has 9 nitrogen and oxygen atoms in total. The third-order valence-electron chi connectivity index (χ3n) is 17.5. The molecule has 0 fully saturated rings. The van der Waals surface area contributed by atoms with Gasteiger partial charge in [0.2, 0.25) is 0 Å². The summed E-state index contributed by atoms with van der Waals surface area (Å²) in [6, 6.07) is 0. The van der Waals surface area contributed by atoms with Crippen LogP contribution < -0.4 is 0 Å². The Balaban J connectivity index is 4.04. The molecule has 0 radical (unpaired) electrons. The number of hydrogen-bond donors (Lipinski definition) is 1. The van der Waals surface area contributed by atoms with E-state index in [2.05, 4.69) is 172 Å². The number of nitrogens with zero attached hydrogens (tertiary/aromatic N) is 1. The molecule has 0 aliphatic heterocycles. The summed E-state index contributed by atoms with van der Waals surface area (Å²) in [4.78, 5) is 36.0. The van der Waals surface area contributed by atoms with E-state index in [4.69, 9.17) is 18.5 Å². The van der Waals surface area contributed by atoms with Crippen molar-refractivity contribution >= 4 is 19.8 Å². The van der Waals surface area contributed by atoms with Crippen molar-refractivity contribution in [1.82, 2.24) is 0 Å². The lowest BCUT2D eigenvalue weighted by molar-refractivity contribution is -0.870. The fourth-order valence-corrected chi connectivity index (χ4v) is 12.0. The highest BCUT2D eigenvalue weighted by Crippen LogP contribution is 2.43. The summed E-state index contributed by atoms with van der Waals surface area (Å²) in [5.41, 5.74) is 0. The molecule has 0 aliphatic carbocycles. The van der Waals surface area contributed by atoms with Crippen molar-refractivity contribution in [1.29, 1.82) is 0 Å². The second kappa shape index (κ2) is 78.8. The molecule has 0 heterocycles. The topological polar surface area (TPSA) is 108 Å². The minimum atomic E-state index is -4.41. The minimum Gasteiger partial charge on any atom is -0.462 e. The molecule has 0 saturated heterocycles. The molecule has 0 bridgehead atoms.